The lowest BCUT2D eigenvalue weighted by atomic mass is 9.97. The standard InChI is InChI=1S/C21H25N7O2/c29-18-5-1-6-19-20(18)16(14-30-19)17-12-22-21(26-25-17)24-15-4-2-8-27(13-15)10-11-28-9-3-7-23-28/h1,3,5-7,9,12,15-16,29H,2,4,8,10-11,13-14H2,(H,22,24,26). The number of phenols is 1. The van der Waals surface area contributed by atoms with E-state index in [0.29, 0.717) is 30.0 Å². The van der Waals surface area contributed by atoms with E-state index in [4.69, 9.17) is 4.74 Å². The van der Waals surface area contributed by atoms with Crippen LogP contribution in [0.1, 0.15) is 30.0 Å². The molecule has 3 aromatic rings. The molecule has 0 saturated carbocycles. The summed E-state index contributed by atoms with van der Waals surface area (Å²) < 4.78 is 7.64. The van der Waals surface area contributed by atoms with Crippen molar-refractivity contribution < 1.29 is 9.84 Å². The van der Waals surface area contributed by atoms with Crippen LogP contribution in [0.4, 0.5) is 5.95 Å². The van der Waals surface area contributed by atoms with Gasteiger partial charge in [0.05, 0.1) is 24.4 Å². The van der Waals surface area contributed by atoms with E-state index in [1.165, 1.54) is 0 Å². The van der Waals surface area contributed by atoms with Crippen LogP contribution < -0.4 is 10.1 Å². The van der Waals surface area contributed by atoms with Crippen molar-refractivity contribution in [1.82, 2.24) is 29.9 Å². The molecule has 0 radical (unpaired) electrons. The molecule has 4 heterocycles. The minimum atomic E-state index is -0.150. The number of rotatable bonds is 6. The normalized spacial score (nSPS) is 21.2. The molecular formula is C21H25N7O2. The number of aromatic nitrogens is 5. The minimum Gasteiger partial charge on any atom is -0.508 e. The molecule has 0 amide bonds. The Morgan fingerprint density at radius 3 is 3.00 bits per heavy atom. The Balaban J connectivity index is 1.19. The predicted octanol–water partition coefficient (Wildman–Crippen LogP) is 1.87. The predicted molar refractivity (Wildman–Crippen MR) is 111 cm³/mol. The number of nitrogens with one attached hydrogen (secondary N) is 1. The zero-order valence-corrected chi connectivity index (χ0v) is 16.7. The Kier molecular flexibility index (Phi) is 5.18. The Morgan fingerprint density at radius 1 is 1.20 bits per heavy atom. The molecule has 0 aliphatic carbocycles. The fourth-order valence-electron chi connectivity index (χ4n) is 4.24. The van der Waals surface area contributed by atoms with Crippen molar-refractivity contribution >= 4 is 5.95 Å². The van der Waals surface area contributed by atoms with E-state index in [-0.39, 0.29) is 11.7 Å². The zero-order chi connectivity index (χ0) is 20.3. The maximum Gasteiger partial charge on any atom is 0.242 e. The Bertz CT molecular complexity index is 978. The fourth-order valence-corrected chi connectivity index (χ4v) is 4.24. The van der Waals surface area contributed by atoms with Gasteiger partial charge >= 0.3 is 0 Å². The molecule has 2 N–H and O–H groups in total. The van der Waals surface area contributed by atoms with E-state index in [1.54, 1.807) is 18.3 Å². The highest BCUT2D eigenvalue weighted by Gasteiger charge is 2.30. The summed E-state index contributed by atoms with van der Waals surface area (Å²) in [5, 5.41) is 26.5. The number of benzene rings is 1. The van der Waals surface area contributed by atoms with Gasteiger partial charge in [-0.2, -0.15) is 5.10 Å². The van der Waals surface area contributed by atoms with Crippen LogP contribution >= 0.6 is 0 Å². The summed E-state index contributed by atoms with van der Waals surface area (Å²) in [5.41, 5.74) is 1.46. The van der Waals surface area contributed by atoms with Gasteiger partial charge in [-0.05, 0) is 37.6 Å². The molecule has 0 spiro atoms. The fraction of sp³-hybridized carbons (Fsp3) is 0.429. The van der Waals surface area contributed by atoms with Crippen LogP contribution in [0.3, 0.4) is 0 Å². The molecule has 1 aromatic carbocycles. The lowest BCUT2D eigenvalue weighted by molar-refractivity contribution is 0.206. The van der Waals surface area contributed by atoms with Gasteiger partial charge in [0.2, 0.25) is 5.95 Å². The average Bonchev–Trinajstić information content (AvgIpc) is 3.44. The van der Waals surface area contributed by atoms with Gasteiger partial charge in [-0.15, -0.1) is 10.2 Å². The number of phenolic OH excluding ortho intramolecular Hbond substituents is 1. The van der Waals surface area contributed by atoms with Crippen LogP contribution in [0.25, 0.3) is 0 Å². The van der Waals surface area contributed by atoms with E-state index >= 15 is 0 Å². The highest BCUT2D eigenvalue weighted by molar-refractivity contribution is 5.51. The molecule has 156 valence electrons. The molecule has 2 unspecified atom stereocenters. The van der Waals surface area contributed by atoms with Gasteiger partial charge in [-0.1, -0.05) is 6.07 Å². The molecule has 0 bridgehead atoms. The van der Waals surface area contributed by atoms with E-state index < -0.39 is 0 Å². The third-order valence-corrected chi connectivity index (χ3v) is 5.78. The number of anilines is 1. The maximum atomic E-state index is 10.2. The van der Waals surface area contributed by atoms with Gasteiger partial charge in [0.1, 0.15) is 18.1 Å². The van der Waals surface area contributed by atoms with Crippen molar-refractivity contribution in [3.8, 4) is 11.5 Å². The number of hydrogen-bond donors (Lipinski definition) is 2. The van der Waals surface area contributed by atoms with E-state index in [1.807, 2.05) is 29.2 Å². The van der Waals surface area contributed by atoms with Crippen molar-refractivity contribution in [2.45, 2.75) is 31.3 Å². The smallest absolute Gasteiger partial charge is 0.242 e. The Labute approximate surface area is 174 Å². The Morgan fingerprint density at radius 2 is 2.17 bits per heavy atom. The van der Waals surface area contributed by atoms with Crippen LogP contribution in [0, 0.1) is 0 Å². The topological polar surface area (TPSA) is 101 Å². The second-order valence-electron chi connectivity index (χ2n) is 7.81. The number of likely N-dealkylation sites (tertiary alicyclic amines) is 1. The summed E-state index contributed by atoms with van der Waals surface area (Å²) in [6.07, 6.45) is 7.75. The highest BCUT2D eigenvalue weighted by atomic mass is 16.5. The van der Waals surface area contributed by atoms with Crippen molar-refractivity contribution in [1.29, 1.82) is 0 Å². The van der Waals surface area contributed by atoms with Gasteiger partial charge in [-0.3, -0.25) is 9.58 Å². The molecular weight excluding hydrogens is 382 g/mol. The van der Waals surface area contributed by atoms with Crippen LogP contribution in [-0.2, 0) is 6.54 Å². The SMILES string of the molecule is Oc1cccc2c1C(c1cnc(NC3CCCN(CCn4cccn4)C3)nn1)CO2. The van der Waals surface area contributed by atoms with Crippen LogP contribution in [-0.4, -0.2) is 67.3 Å². The number of fused-ring (bicyclic) bond motifs is 1. The van der Waals surface area contributed by atoms with Crippen molar-refractivity contribution in [2.75, 3.05) is 31.6 Å². The van der Waals surface area contributed by atoms with Gasteiger partial charge in [0.25, 0.3) is 0 Å². The van der Waals surface area contributed by atoms with E-state index in [2.05, 4.69) is 30.5 Å². The largest absolute Gasteiger partial charge is 0.508 e. The molecule has 9 nitrogen and oxygen atoms in total. The summed E-state index contributed by atoms with van der Waals surface area (Å²) in [6.45, 7) is 4.35. The first-order valence-electron chi connectivity index (χ1n) is 10.4. The number of hydrogen-bond acceptors (Lipinski definition) is 8. The lowest BCUT2D eigenvalue weighted by Crippen LogP contribution is -2.43. The first-order chi connectivity index (χ1) is 14.8. The van der Waals surface area contributed by atoms with Crippen molar-refractivity contribution in [3.63, 3.8) is 0 Å². The van der Waals surface area contributed by atoms with E-state index in [0.717, 1.165) is 44.6 Å². The minimum absolute atomic E-state index is 0.150. The molecule has 30 heavy (non-hydrogen) atoms. The molecule has 1 fully saturated rings. The summed E-state index contributed by atoms with van der Waals surface area (Å²) in [5.74, 6) is 1.30. The van der Waals surface area contributed by atoms with Gasteiger partial charge in [-0.25, -0.2) is 4.98 Å². The molecule has 2 atom stereocenters. The van der Waals surface area contributed by atoms with Crippen LogP contribution in [0.5, 0.6) is 11.5 Å². The third-order valence-electron chi connectivity index (χ3n) is 5.78. The average molecular weight is 407 g/mol. The molecule has 2 aliphatic heterocycles. The molecule has 2 aromatic heterocycles. The summed E-state index contributed by atoms with van der Waals surface area (Å²) in [4.78, 5) is 6.92. The van der Waals surface area contributed by atoms with Gasteiger partial charge in [0, 0.05) is 37.1 Å². The number of nitrogens with zero attached hydrogens (tertiary/aromatic N) is 6. The van der Waals surface area contributed by atoms with Crippen molar-refractivity contribution in [2.24, 2.45) is 0 Å². The Hall–Kier alpha value is -3.20. The van der Waals surface area contributed by atoms with Crippen LogP contribution in [0.2, 0.25) is 0 Å². The van der Waals surface area contributed by atoms with E-state index in [9.17, 15) is 5.11 Å². The third kappa shape index (κ3) is 3.93. The quantitative estimate of drug-likeness (QED) is 0.639. The number of aromatic hydroxyl groups is 1. The first-order valence-corrected chi connectivity index (χ1v) is 10.4. The molecule has 1 saturated heterocycles. The molecule has 5 rings (SSSR count). The summed E-state index contributed by atoms with van der Waals surface area (Å²) >= 11 is 0. The van der Waals surface area contributed by atoms with Gasteiger partial charge < -0.3 is 15.2 Å². The summed E-state index contributed by atoms with van der Waals surface area (Å²) in [6, 6.07) is 7.54. The zero-order valence-electron chi connectivity index (χ0n) is 16.7. The highest BCUT2D eigenvalue weighted by Crippen LogP contribution is 2.42. The molecule has 2 aliphatic rings. The summed E-state index contributed by atoms with van der Waals surface area (Å²) in [7, 11) is 0. The molecule has 9 heteroatoms. The maximum absolute atomic E-state index is 10.2. The second kappa shape index (κ2) is 8.27. The number of ether oxygens (including phenoxy) is 1. The van der Waals surface area contributed by atoms with Crippen molar-refractivity contribution in [3.05, 3.63) is 54.1 Å². The van der Waals surface area contributed by atoms with Gasteiger partial charge in [0.15, 0.2) is 0 Å². The number of piperidine rings is 1. The second-order valence-corrected chi connectivity index (χ2v) is 7.81. The lowest BCUT2D eigenvalue weighted by Gasteiger charge is -2.33. The van der Waals surface area contributed by atoms with Crippen LogP contribution in [0.15, 0.2) is 42.9 Å². The first kappa shape index (κ1) is 18.8. The monoisotopic (exact) mass is 407 g/mol.